The van der Waals surface area contributed by atoms with Crippen LogP contribution in [0.15, 0.2) is 54.9 Å². The van der Waals surface area contributed by atoms with Gasteiger partial charge in [0, 0.05) is 12.4 Å². The van der Waals surface area contributed by atoms with E-state index in [9.17, 15) is 9.90 Å². The number of pyridine rings is 1. The van der Waals surface area contributed by atoms with E-state index >= 15 is 0 Å². The molecule has 0 aliphatic heterocycles. The molecule has 2 aromatic rings. The fourth-order valence-corrected chi connectivity index (χ4v) is 3.44. The van der Waals surface area contributed by atoms with E-state index in [2.05, 4.69) is 25.8 Å². The van der Waals surface area contributed by atoms with Gasteiger partial charge in [-0.15, -0.1) is 0 Å². The monoisotopic (exact) mass is 369 g/mol. The van der Waals surface area contributed by atoms with Crippen molar-refractivity contribution < 1.29 is 14.6 Å². The average molecular weight is 370 g/mol. The molecule has 0 saturated heterocycles. The van der Waals surface area contributed by atoms with Crippen LogP contribution in [0.4, 0.5) is 0 Å². The van der Waals surface area contributed by atoms with Gasteiger partial charge in [-0.2, -0.15) is 0 Å². The highest BCUT2D eigenvalue weighted by molar-refractivity contribution is 5.88. The van der Waals surface area contributed by atoms with Crippen molar-refractivity contribution in [2.24, 2.45) is 17.8 Å². The molecule has 1 aliphatic rings. The van der Waals surface area contributed by atoms with Gasteiger partial charge in [-0.1, -0.05) is 57.5 Å². The third-order valence-electron chi connectivity index (χ3n) is 5.10. The fraction of sp³-hybridized carbons (Fsp3) is 0.478. The molecule has 1 fully saturated rings. The summed E-state index contributed by atoms with van der Waals surface area (Å²) in [6, 6.07) is 13.0. The number of aliphatic hydroxyl groups is 1. The predicted molar refractivity (Wildman–Crippen MR) is 107 cm³/mol. The number of aliphatic hydroxyl groups excluding tert-OH is 1. The summed E-state index contributed by atoms with van der Waals surface area (Å²) < 4.78 is 5.14. The Bertz CT molecular complexity index is 673. The first kappa shape index (κ1) is 21.1. The molecule has 146 valence electrons. The minimum atomic E-state index is -0.350. The van der Waals surface area contributed by atoms with Gasteiger partial charge in [0.1, 0.15) is 6.61 Å². The van der Waals surface area contributed by atoms with Crippen molar-refractivity contribution in [3.63, 3.8) is 0 Å². The van der Waals surface area contributed by atoms with Crippen molar-refractivity contribution in [3.05, 3.63) is 66.0 Å². The van der Waals surface area contributed by atoms with Crippen LogP contribution >= 0.6 is 0 Å². The lowest BCUT2D eigenvalue weighted by atomic mass is 9.75. The molecule has 0 amide bonds. The van der Waals surface area contributed by atoms with Crippen molar-refractivity contribution in [3.8, 4) is 0 Å². The van der Waals surface area contributed by atoms with Crippen LogP contribution < -0.4 is 0 Å². The normalized spacial score (nSPS) is 21.9. The van der Waals surface area contributed by atoms with Crippen LogP contribution in [0, 0.1) is 17.8 Å². The Morgan fingerprint density at radius 1 is 1.19 bits per heavy atom. The van der Waals surface area contributed by atoms with Gasteiger partial charge in [0.05, 0.1) is 11.7 Å². The number of hydrogen-bond donors (Lipinski definition) is 1. The van der Waals surface area contributed by atoms with Crippen LogP contribution in [0.5, 0.6) is 0 Å². The number of hydrogen-bond acceptors (Lipinski definition) is 4. The Labute approximate surface area is 162 Å². The Balaban J connectivity index is 0.000000208. The van der Waals surface area contributed by atoms with E-state index in [1.165, 1.54) is 19.0 Å². The van der Waals surface area contributed by atoms with Crippen molar-refractivity contribution in [1.29, 1.82) is 0 Å². The Kier molecular flexibility index (Phi) is 8.46. The second kappa shape index (κ2) is 10.8. The Morgan fingerprint density at radius 2 is 1.93 bits per heavy atom. The highest BCUT2D eigenvalue weighted by Crippen LogP contribution is 2.33. The van der Waals surface area contributed by atoms with E-state index in [0.29, 0.717) is 17.4 Å². The van der Waals surface area contributed by atoms with Gasteiger partial charge in [-0.3, -0.25) is 4.98 Å². The van der Waals surface area contributed by atoms with Gasteiger partial charge in [0.15, 0.2) is 0 Å². The van der Waals surface area contributed by atoms with Crippen molar-refractivity contribution in [2.45, 2.75) is 52.7 Å². The molecule has 27 heavy (non-hydrogen) atoms. The molecule has 1 aromatic heterocycles. The second-order valence-electron chi connectivity index (χ2n) is 7.70. The van der Waals surface area contributed by atoms with Gasteiger partial charge in [0.25, 0.3) is 0 Å². The molecule has 1 heterocycles. The number of nitrogens with zero attached hydrogens (tertiary/aromatic N) is 1. The summed E-state index contributed by atoms with van der Waals surface area (Å²) in [6.45, 7) is 6.95. The van der Waals surface area contributed by atoms with E-state index in [4.69, 9.17) is 4.74 Å². The number of carbonyl (C=O) groups is 1. The smallest absolute Gasteiger partial charge is 0.340 e. The van der Waals surface area contributed by atoms with E-state index < -0.39 is 0 Å². The number of aromatic nitrogens is 1. The molecule has 0 radical (unpaired) electrons. The molecule has 4 heteroatoms. The van der Waals surface area contributed by atoms with Crippen LogP contribution in [0.2, 0.25) is 0 Å². The number of benzene rings is 1. The molecule has 3 atom stereocenters. The maximum absolute atomic E-state index is 11.6. The minimum Gasteiger partial charge on any atom is -0.457 e. The fourth-order valence-electron chi connectivity index (χ4n) is 3.44. The minimum absolute atomic E-state index is 0.0289. The van der Waals surface area contributed by atoms with Gasteiger partial charge < -0.3 is 9.84 Å². The highest BCUT2D eigenvalue weighted by Gasteiger charge is 2.28. The Morgan fingerprint density at radius 3 is 2.52 bits per heavy atom. The lowest BCUT2D eigenvalue weighted by Crippen LogP contribution is -2.31. The molecular formula is C23H31NO3. The largest absolute Gasteiger partial charge is 0.457 e. The second-order valence-corrected chi connectivity index (χ2v) is 7.70. The summed E-state index contributed by atoms with van der Waals surface area (Å²) in [5.74, 6) is 1.60. The van der Waals surface area contributed by atoms with E-state index in [0.717, 1.165) is 17.9 Å². The number of esters is 1. The van der Waals surface area contributed by atoms with Gasteiger partial charge in [-0.25, -0.2) is 4.79 Å². The lowest BCUT2D eigenvalue weighted by molar-refractivity contribution is 0.0265. The summed E-state index contributed by atoms with van der Waals surface area (Å²) in [7, 11) is 0. The van der Waals surface area contributed by atoms with Crippen molar-refractivity contribution in [1.82, 2.24) is 4.98 Å². The zero-order valence-electron chi connectivity index (χ0n) is 16.5. The van der Waals surface area contributed by atoms with E-state index in [1.54, 1.807) is 18.3 Å². The molecular weight excluding hydrogens is 338 g/mol. The molecule has 0 spiro atoms. The average Bonchev–Trinajstić information content (AvgIpc) is 2.68. The van der Waals surface area contributed by atoms with Crippen LogP contribution in [-0.2, 0) is 11.3 Å². The predicted octanol–water partition coefficient (Wildman–Crippen LogP) is 4.88. The highest BCUT2D eigenvalue weighted by atomic mass is 16.5. The SMILES string of the molecule is CC1CCC(C(C)C)C(O)C1.O=C(OCc1ccccc1)c1cccnc1. The molecule has 0 bridgehead atoms. The van der Waals surface area contributed by atoms with Crippen LogP contribution in [-0.4, -0.2) is 22.2 Å². The molecule has 3 rings (SSSR count). The molecule has 1 saturated carbocycles. The number of carbonyl (C=O) groups excluding carboxylic acids is 1. The maximum atomic E-state index is 11.6. The van der Waals surface area contributed by atoms with Crippen LogP contribution in [0.3, 0.4) is 0 Å². The van der Waals surface area contributed by atoms with Crippen LogP contribution in [0.25, 0.3) is 0 Å². The third-order valence-corrected chi connectivity index (χ3v) is 5.10. The summed E-state index contributed by atoms with van der Waals surface area (Å²) >= 11 is 0. The number of rotatable bonds is 4. The molecule has 4 nitrogen and oxygen atoms in total. The third kappa shape index (κ3) is 7.14. The summed E-state index contributed by atoms with van der Waals surface area (Å²) in [5.41, 5.74) is 1.44. The Hall–Kier alpha value is -2.20. The zero-order chi connectivity index (χ0) is 19.6. The van der Waals surface area contributed by atoms with Gasteiger partial charge >= 0.3 is 5.97 Å². The van der Waals surface area contributed by atoms with Gasteiger partial charge in [-0.05, 0) is 48.3 Å². The first-order valence-corrected chi connectivity index (χ1v) is 9.76. The zero-order valence-corrected chi connectivity index (χ0v) is 16.5. The lowest BCUT2D eigenvalue weighted by Gasteiger charge is -2.33. The standard InChI is InChI=1S/C13H11NO2.C10H20O/c15-13(12-7-4-8-14-9-12)16-10-11-5-2-1-3-6-11;1-7(2)9-5-4-8(3)6-10(9)11/h1-9H,10H2;7-11H,4-6H2,1-3H3. The number of ether oxygens (including phenoxy) is 1. The first-order chi connectivity index (χ1) is 13.0. The van der Waals surface area contributed by atoms with Gasteiger partial charge in [0.2, 0.25) is 0 Å². The van der Waals surface area contributed by atoms with Crippen molar-refractivity contribution in [2.75, 3.05) is 0 Å². The molecule has 1 aliphatic carbocycles. The summed E-state index contributed by atoms with van der Waals surface area (Å²) in [5, 5.41) is 9.71. The molecule has 1 aromatic carbocycles. The van der Waals surface area contributed by atoms with Crippen molar-refractivity contribution >= 4 is 5.97 Å². The van der Waals surface area contributed by atoms with E-state index in [1.807, 2.05) is 30.3 Å². The molecule has 3 unspecified atom stereocenters. The van der Waals surface area contributed by atoms with Crippen LogP contribution in [0.1, 0.15) is 56.0 Å². The summed E-state index contributed by atoms with van der Waals surface area (Å²) in [4.78, 5) is 15.4. The topological polar surface area (TPSA) is 59.4 Å². The molecule has 1 N–H and O–H groups in total. The first-order valence-electron chi connectivity index (χ1n) is 9.76. The summed E-state index contributed by atoms with van der Waals surface area (Å²) in [6.07, 6.45) is 6.63. The van der Waals surface area contributed by atoms with E-state index in [-0.39, 0.29) is 18.7 Å². The maximum Gasteiger partial charge on any atom is 0.340 e. The quantitative estimate of drug-likeness (QED) is 0.781.